The molecule has 1 heterocycles. The first-order valence-corrected chi connectivity index (χ1v) is 4.27. The normalized spacial score (nSPS) is 27.3. The minimum absolute atomic E-state index is 0.266. The van der Waals surface area contributed by atoms with E-state index in [4.69, 9.17) is 9.84 Å². The minimum Gasteiger partial charge on any atom is -0.396 e. The van der Waals surface area contributed by atoms with Crippen LogP contribution in [0.5, 0.6) is 0 Å². The van der Waals surface area contributed by atoms with Gasteiger partial charge in [0.05, 0.1) is 6.61 Å². The van der Waals surface area contributed by atoms with Gasteiger partial charge in [-0.15, -0.1) is 0 Å². The fourth-order valence-electron chi connectivity index (χ4n) is 1.35. The fourth-order valence-corrected chi connectivity index (χ4v) is 1.35. The molecule has 3 nitrogen and oxygen atoms in total. The molecule has 0 aliphatic carbocycles. The Balaban J connectivity index is 2.08. The first-order chi connectivity index (χ1) is 5.33. The lowest BCUT2D eigenvalue weighted by molar-refractivity contribution is 0.186. The van der Waals surface area contributed by atoms with Crippen LogP contribution in [0.15, 0.2) is 0 Å². The van der Waals surface area contributed by atoms with E-state index < -0.39 is 0 Å². The number of rotatable bonds is 4. The molecular weight excluding hydrogens is 142 g/mol. The molecule has 2 atom stereocenters. The van der Waals surface area contributed by atoms with Crippen LogP contribution in [0.25, 0.3) is 0 Å². The third kappa shape index (κ3) is 3.18. The highest BCUT2D eigenvalue weighted by Crippen LogP contribution is 2.05. The number of hydrogen-bond donors (Lipinski definition) is 2. The predicted molar refractivity (Wildman–Crippen MR) is 43.5 cm³/mol. The first-order valence-electron chi connectivity index (χ1n) is 4.27. The van der Waals surface area contributed by atoms with E-state index >= 15 is 0 Å². The summed E-state index contributed by atoms with van der Waals surface area (Å²) in [6.07, 6.45) is 1.94. The molecule has 0 amide bonds. The molecule has 66 valence electrons. The average Bonchev–Trinajstić information content (AvgIpc) is 2.40. The predicted octanol–water partition coefficient (Wildman–Crippen LogP) is 0.136. The van der Waals surface area contributed by atoms with Crippen molar-refractivity contribution < 1.29 is 9.84 Å². The number of nitrogens with one attached hydrogen (secondary N) is 1. The van der Waals surface area contributed by atoms with E-state index in [1.54, 1.807) is 0 Å². The van der Waals surface area contributed by atoms with Crippen LogP contribution < -0.4 is 5.32 Å². The van der Waals surface area contributed by atoms with E-state index in [9.17, 15) is 0 Å². The fraction of sp³-hybridized carbons (Fsp3) is 1.00. The summed E-state index contributed by atoms with van der Waals surface area (Å²) in [5, 5.41) is 12.0. The Hall–Kier alpha value is -0.120. The molecule has 1 unspecified atom stereocenters. The Morgan fingerprint density at radius 2 is 2.55 bits per heavy atom. The lowest BCUT2D eigenvalue weighted by Crippen LogP contribution is -2.37. The van der Waals surface area contributed by atoms with Gasteiger partial charge < -0.3 is 15.2 Å². The zero-order valence-electron chi connectivity index (χ0n) is 7.05. The van der Waals surface area contributed by atoms with Crippen LogP contribution in [0.1, 0.15) is 19.8 Å². The zero-order chi connectivity index (χ0) is 8.10. The first kappa shape index (κ1) is 8.97. The summed E-state index contributed by atoms with van der Waals surface area (Å²) < 4.78 is 5.21. The maximum atomic E-state index is 8.64. The van der Waals surface area contributed by atoms with Crippen LogP contribution in [0.2, 0.25) is 0 Å². The maximum Gasteiger partial charge on any atom is 0.0620 e. The molecule has 3 heteroatoms. The average molecular weight is 159 g/mol. The summed E-state index contributed by atoms with van der Waals surface area (Å²) in [4.78, 5) is 0. The third-order valence-corrected chi connectivity index (χ3v) is 2.01. The molecule has 0 aromatic heterocycles. The van der Waals surface area contributed by atoms with E-state index in [1.807, 2.05) is 0 Å². The number of hydrogen-bond acceptors (Lipinski definition) is 3. The summed E-state index contributed by atoms with van der Waals surface area (Å²) >= 11 is 0. The van der Waals surface area contributed by atoms with Crippen molar-refractivity contribution in [1.29, 1.82) is 0 Å². The summed E-state index contributed by atoms with van der Waals surface area (Å²) in [6.45, 7) is 4.07. The highest BCUT2D eigenvalue weighted by Gasteiger charge is 2.16. The monoisotopic (exact) mass is 159 g/mol. The summed E-state index contributed by atoms with van der Waals surface area (Å²) in [5.74, 6) is 0. The Bertz CT molecular complexity index is 102. The zero-order valence-corrected chi connectivity index (χ0v) is 7.05. The number of aliphatic hydroxyl groups is 1. The molecule has 0 aromatic rings. The van der Waals surface area contributed by atoms with Crippen molar-refractivity contribution in [3.8, 4) is 0 Å². The maximum absolute atomic E-state index is 8.64. The van der Waals surface area contributed by atoms with Crippen LogP contribution in [-0.4, -0.2) is 37.0 Å². The number of ether oxygens (including phenoxy) is 1. The van der Waals surface area contributed by atoms with Crippen LogP contribution in [0.3, 0.4) is 0 Å². The molecule has 1 aliphatic heterocycles. The Kier molecular flexibility index (Phi) is 3.83. The molecule has 0 spiro atoms. The van der Waals surface area contributed by atoms with Crippen LogP contribution in [0, 0.1) is 0 Å². The van der Waals surface area contributed by atoms with E-state index in [0.29, 0.717) is 12.1 Å². The van der Waals surface area contributed by atoms with Gasteiger partial charge in [0.15, 0.2) is 0 Å². The van der Waals surface area contributed by atoms with Crippen LogP contribution in [-0.2, 0) is 4.74 Å². The summed E-state index contributed by atoms with van der Waals surface area (Å²) in [7, 11) is 0. The molecule has 1 fully saturated rings. The van der Waals surface area contributed by atoms with Gasteiger partial charge in [0.1, 0.15) is 0 Å². The molecule has 2 N–H and O–H groups in total. The highest BCUT2D eigenvalue weighted by molar-refractivity contribution is 4.74. The van der Waals surface area contributed by atoms with Crippen LogP contribution >= 0.6 is 0 Å². The van der Waals surface area contributed by atoms with Crippen molar-refractivity contribution in [2.24, 2.45) is 0 Å². The topological polar surface area (TPSA) is 41.5 Å². The van der Waals surface area contributed by atoms with Crippen molar-refractivity contribution in [1.82, 2.24) is 5.32 Å². The third-order valence-electron chi connectivity index (χ3n) is 2.01. The molecule has 0 aromatic carbocycles. The summed E-state index contributed by atoms with van der Waals surface area (Å²) in [5.41, 5.74) is 0. The lowest BCUT2D eigenvalue weighted by atomic mass is 10.2. The van der Waals surface area contributed by atoms with E-state index in [0.717, 1.165) is 26.1 Å². The highest BCUT2D eigenvalue weighted by atomic mass is 16.5. The Morgan fingerprint density at radius 1 is 1.73 bits per heavy atom. The molecule has 11 heavy (non-hydrogen) atoms. The van der Waals surface area contributed by atoms with Crippen molar-refractivity contribution >= 4 is 0 Å². The smallest absolute Gasteiger partial charge is 0.0620 e. The second-order valence-electron chi connectivity index (χ2n) is 3.14. The molecule has 0 bridgehead atoms. The van der Waals surface area contributed by atoms with Crippen molar-refractivity contribution in [2.45, 2.75) is 31.8 Å². The second kappa shape index (κ2) is 4.70. The van der Waals surface area contributed by atoms with Gasteiger partial charge in [0, 0.05) is 25.3 Å². The quantitative estimate of drug-likeness (QED) is 0.613. The summed E-state index contributed by atoms with van der Waals surface area (Å²) in [6, 6.07) is 0.920. The molecule has 0 saturated carbocycles. The van der Waals surface area contributed by atoms with Gasteiger partial charge in [-0.05, 0) is 19.8 Å². The number of aliphatic hydroxyl groups excluding tert-OH is 1. The van der Waals surface area contributed by atoms with Gasteiger partial charge >= 0.3 is 0 Å². The van der Waals surface area contributed by atoms with Crippen LogP contribution in [0.4, 0.5) is 0 Å². The molecule has 0 radical (unpaired) electrons. The van der Waals surface area contributed by atoms with Crippen molar-refractivity contribution in [2.75, 3.05) is 19.8 Å². The molecule has 1 rings (SSSR count). The molecule has 1 aliphatic rings. The van der Waals surface area contributed by atoms with Crippen molar-refractivity contribution in [3.05, 3.63) is 0 Å². The Labute approximate surface area is 67.7 Å². The van der Waals surface area contributed by atoms with Crippen molar-refractivity contribution in [3.63, 3.8) is 0 Å². The van der Waals surface area contributed by atoms with Gasteiger partial charge in [0.25, 0.3) is 0 Å². The minimum atomic E-state index is 0.266. The molecule has 1 saturated heterocycles. The molecular formula is C8H17NO2. The van der Waals surface area contributed by atoms with Gasteiger partial charge in [0.2, 0.25) is 0 Å². The largest absolute Gasteiger partial charge is 0.396 e. The van der Waals surface area contributed by atoms with Gasteiger partial charge in [-0.25, -0.2) is 0 Å². The lowest BCUT2D eigenvalue weighted by Gasteiger charge is -2.16. The van der Waals surface area contributed by atoms with Gasteiger partial charge in [-0.2, -0.15) is 0 Å². The van der Waals surface area contributed by atoms with E-state index in [2.05, 4.69) is 12.2 Å². The SMILES string of the molecule is C[C@H](CCO)NC1CCOC1. The van der Waals surface area contributed by atoms with Gasteiger partial charge in [-0.3, -0.25) is 0 Å². The van der Waals surface area contributed by atoms with E-state index in [-0.39, 0.29) is 6.61 Å². The Morgan fingerprint density at radius 3 is 3.09 bits per heavy atom. The van der Waals surface area contributed by atoms with E-state index in [1.165, 1.54) is 0 Å². The second-order valence-corrected chi connectivity index (χ2v) is 3.14. The van der Waals surface area contributed by atoms with Gasteiger partial charge in [-0.1, -0.05) is 0 Å². The standard InChI is InChI=1S/C8H17NO2/c1-7(2-4-10)9-8-3-5-11-6-8/h7-10H,2-6H2,1H3/t7-,8?/m1/s1.